The molecule has 0 saturated carbocycles. The minimum Gasteiger partial charge on any atom is -0.368 e. The highest BCUT2D eigenvalue weighted by atomic mass is 35.5. The van der Waals surface area contributed by atoms with Crippen LogP contribution in [0.15, 0.2) is 60.8 Å². The van der Waals surface area contributed by atoms with Crippen molar-refractivity contribution in [2.24, 2.45) is 0 Å². The summed E-state index contributed by atoms with van der Waals surface area (Å²) in [5.41, 5.74) is 9.26. The van der Waals surface area contributed by atoms with Crippen molar-refractivity contribution < 1.29 is 0 Å². The molecule has 4 nitrogen and oxygen atoms in total. The molecule has 1 heterocycles. The highest BCUT2D eigenvalue weighted by Gasteiger charge is 2.11. The van der Waals surface area contributed by atoms with E-state index in [4.69, 9.17) is 17.3 Å². The van der Waals surface area contributed by atoms with E-state index < -0.39 is 0 Å². The second-order valence-corrected chi connectivity index (χ2v) is 6.44. The van der Waals surface area contributed by atoms with Crippen LogP contribution >= 0.6 is 11.6 Å². The number of nitrogens with two attached hydrogens (primary N) is 1. The third-order valence-electron chi connectivity index (χ3n) is 4.13. The van der Waals surface area contributed by atoms with Gasteiger partial charge in [0.25, 0.3) is 0 Å². The number of aromatic nitrogens is 2. The summed E-state index contributed by atoms with van der Waals surface area (Å²) in [6, 6.07) is 18.3. The highest BCUT2D eigenvalue weighted by molar-refractivity contribution is 6.30. The molecule has 0 aliphatic carbocycles. The molecule has 1 atom stereocenters. The number of hydrogen-bond acceptors (Lipinski definition) is 4. The minimum atomic E-state index is 0.129. The van der Waals surface area contributed by atoms with E-state index >= 15 is 0 Å². The van der Waals surface area contributed by atoms with E-state index in [9.17, 15) is 0 Å². The average molecular weight is 353 g/mol. The maximum Gasteiger partial charge on any atom is 0.221 e. The molecule has 0 bridgehead atoms. The van der Waals surface area contributed by atoms with Crippen molar-refractivity contribution in [1.29, 1.82) is 0 Å². The number of hydrogen-bond donors (Lipinski definition) is 2. The van der Waals surface area contributed by atoms with Crippen molar-refractivity contribution in [2.45, 2.75) is 25.8 Å². The summed E-state index contributed by atoms with van der Waals surface area (Å²) in [7, 11) is 0. The second kappa shape index (κ2) is 7.99. The van der Waals surface area contributed by atoms with Gasteiger partial charge in [-0.05, 0) is 43.0 Å². The first-order valence-corrected chi connectivity index (χ1v) is 8.67. The first-order valence-electron chi connectivity index (χ1n) is 8.29. The summed E-state index contributed by atoms with van der Waals surface area (Å²) in [5, 5.41) is 4.21. The molecule has 25 heavy (non-hydrogen) atoms. The molecule has 128 valence electrons. The Hall–Kier alpha value is -2.59. The van der Waals surface area contributed by atoms with E-state index in [2.05, 4.69) is 34.3 Å². The Labute approximate surface area is 153 Å². The van der Waals surface area contributed by atoms with Crippen LogP contribution in [-0.2, 0) is 12.8 Å². The van der Waals surface area contributed by atoms with Gasteiger partial charge in [0.2, 0.25) is 5.95 Å². The Morgan fingerprint density at radius 3 is 2.48 bits per heavy atom. The van der Waals surface area contributed by atoms with Gasteiger partial charge in [0.05, 0.1) is 0 Å². The van der Waals surface area contributed by atoms with Crippen molar-refractivity contribution in [2.75, 3.05) is 11.1 Å². The Morgan fingerprint density at radius 1 is 1.04 bits per heavy atom. The van der Waals surface area contributed by atoms with Gasteiger partial charge in [0.1, 0.15) is 5.82 Å². The van der Waals surface area contributed by atoms with Gasteiger partial charge in [-0.1, -0.05) is 54.1 Å². The van der Waals surface area contributed by atoms with Gasteiger partial charge in [-0.2, -0.15) is 4.98 Å². The lowest BCUT2D eigenvalue weighted by Crippen LogP contribution is -2.12. The van der Waals surface area contributed by atoms with Crippen LogP contribution < -0.4 is 11.1 Å². The Balaban J connectivity index is 1.74. The predicted octanol–water partition coefficient (Wildman–Crippen LogP) is 4.67. The maximum absolute atomic E-state index is 5.94. The molecule has 3 rings (SSSR count). The van der Waals surface area contributed by atoms with Crippen LogP contribution in [0.3, 0.4) is 0 Å². The lowest BCUT2D eigenvalue weighted by molar-refractivity contribution is 0.855. The van der Waals surface area contributed by atoms with Gasteiger partial charge in [-0.25, -0.2) is 4.98 Å². The van der Waals surface area contributed by atoms with E-state index in [0.29, 0.717) is 0 Å². The number of nitrogens with one attached hydrogen (secondary N) is 1. The van der Waals surface area contributed by atoms with Crippen molar-refractivity contribution in [3.8, 4) is 0 Å². The van der Waals surface area contributed by atoms with Crippen LogP contribution in [0.4, 0.5) is 11.8 Å². The average Bonchev–Trinajstić information content (AvgIpc) is 2.63. The number of rotatable bonds is 6. The topological polar surface area (TPSA) is 63.8 Å². The Bertz CT molecular complexity index is 819. The molecule has 3 aromatic rings. The fraction of sp³-hybridized carbons (Fsp3) is 0.200. The molecule has 5 heteroatoms. The van der Waals surface area contributed by atoms with Gasteiger partial charge in [0, 0.05) is 22.8 Å². The summed E-state index contributed by atoms with van der Waals surface area (Å²) in [4.78, 5) is 8.55. The number of anilines is 2. The quantitative estimate of drug-likeness (QED) is 0.676. The van der Waals surface area contributed by atoms with E-state index in [1.165, 1.54) is 11.1 Å². The summed E-state index contributed by atoms with van der Waals surface area (Å²) in [6.07, 6.45) is 3.52. The third-order valence-corrected chi connectivity index (χ3v) is 4.38. The minimum absolute atomic E-state index is 0.129. The molecule has 1 unspecified atom stereocenters. The molecule has 0 radical (unpaired) electrons. The lowest BCUT2D eigenvalue weighted by Gasteiger charge is -2.17. The zero-order valence-corrected chi connectivity index (χ0v) is 14.9. The van der Waals surface area contributed by atoms with Crippen molar-refractivity contribution in [3.63, 3.8) is 0 Å². The number of nitrogen functional groups attached to an aromatic ring is 1. The molecule has 3 N–H and O–H groups in total. The number of nitrogens with zero attached hydrogens (tertiary/aromatic N) is 2. The van der Waals surface area contributed by atoms with Gasteiger partial charge < -0.3 is 11.1 Å². The van der Waals surface area contributed by atoms with Crippen LogP contribution in [0.5, 0.6) is 0 Å². The van der Waals surface area contributed by atoms with Crippen LogP contribution in [0.1, 0.15) is 29.7 Å². The molecule has 0 fully saturated rings. The number of aryl methyl sites for hydroxylation is 2. The Kier molecular flexibility index (Phi) is 5.51. The zero-order chi connectivity index (χ0) is 17.6. The van der Waals surface area contributed by atoms with Gasteiger partial charge in [-0.3, -0.25) is 0 Å². The SMILES string of the molecule is CC(Nc1nc(N)ncc1CCc1ccc(Cl)cc1)c1ccccc1. The van der Waals surface area contributed by atoms with E-state index in [1.54, 1.807) is 6.20 Å². The van der Waals surface area contributed by atoms with Gasteiger partial charge in [0.15, 0.2) is 0 Å². The van der Waals surface area contributed by atoms with Crippen LogP contribution in [0.2, 0.25) is 5.02 Å². The largest absolute Gasteiger partial charge is 0.368 e. The third kappa shape index (κ3) is 4.70. The fourth-order valence-corrected chi connectivity index (χ4v) is 2.81. The van der Waals surface area contributed by atoms with E-state index in [1.807, 2.05) is 42.5 Å². The lowest BCUT2D eigenvalue weighted by atomic mass is 10.0. The predicted molar refractivity (Wildman–Crippen MR) is 104 cm³/mol. The van der Waals surface area contributed by atoms with E-state index in [-0.39, 0.29) is 12.0 Å². The van der Waals surface area contributed by atoms with Gasteiger partial charge in [-0.15, -0.1) is 0 Å². The standard InChI is InChI=1S/C20H21ClN4/c1-14(16-5-3-2-4-6-16)24-19-17(13-23-20(22)25-19)10-7-15-8-11-18(21)12-9-15/h2-6,8-9,11-14H,7,10H2,1H3,(H3,22,23,24,25). The van der Waals surface area contributed by atoms with Gasteiger partial charge >= 0.3 is 0 Å². The maximum atomic E-state index is 5.94. The molecule has 1 aromatic heterocycles. The van der Waals surface area contributed by atoms with E-state index in [0.717, 1.165) is 29.2 Å². The van der Waals surface area contributed by atoms with Crippen LogP contribution in [0.25, 0.3) is 0 Å². The molecule has 0 spiro atoms. The molecular weight excluding hydrogens is 332 g/mol. The number of benzene rings is 2. The molecule has 0 saturated heterocycles. The summed E-state index contributed by atoms with van der Waals surface area (Å²) < 4.78 is 0. The van der Waals surface area contributed by atoms with Crippen molar-refractivity contribution in [1.82, 2.24) is 9.97 Å². The second-order valence-electron chi connectivity index (χ2n) is 6.01. The molecule has 0 aliphatic rings. The van der Waals surface area contributed by atoms with Crippen molar-refractivity contribution in [3.05, 3.63) is 82.5 Å². The van der Waals surface area contributed by atoms with Crippen LogP contribution in [0, 0.1) is 0 Å². The molecular formula is C20H21ClN4. The summed E-state index contributed by atoms with van der Waals surface area (Å²) in [5.74, 6) is 1.07. The monoisotopic (exact) mass is 352 g/mol. The smallest absolute Gasteiger partial charge is 0.221 e. The fourth-order valence-electron chi connectivity index (χ4n) is 2.69. The van der Waals surface area contributed by atoms with Crippen molar-refractivity contribution >= 4 is 23.4 Å². The first kappa shape index (κ1) is 17.2. The summed E-state index contributed by atoms with van der Waals surface area (Å²) >= 11 is 5.94. The Morgan fingerprint density at radius 2 is 1.76 bits per heavy atom. The highest BCUT2D eigenvalue weighted by Crippen LogP contribution is 2.22. The number of halogens is 1. The first-order chi connectivity index (χ1) is 12.1. The van der Waals surface area contributed by atoms with Crippen LogP contribution in [-0.4, -0.2) is 9.97 Å². The molecule has 0 aliphatic heterocycles. The summed E-state index contributed by atoms with van der Waals surface area (Å²) in [6.45, 7) is 2.11. The molecule has 0 amide bonds. The normalized spacial score (nSPS) is 11.9. The molecule has 2 aromatic carbocycles. The zero-order valence-electron chi connectivity index (χ0n) is 14.1.